The molecule has 0 N–H and O–H groups in total. The number of hydrogen-bond donors (Lipinski definition) is 0. The maximum atomic E-state index is 11.3. The minimum atomic E-state index is -0.176. The molecule has 1 saturated carbocycles. The van der Waals surface area contributed by atoms with Crippen molar-refractivity contribution in [1.82, 2.24) is 0 Å². The first kappa shape index (κ1) is 11.3. The van der Waals surface area contributed by atoms with E-state index in [-0.39, 0.29) is 12.1 Å². The van der Waals surface area contributed by atoms with Gasteiger partial charge in [-0.25, -0.2) is 4.79 Å². The molecule has 2 nitrogen and oxygen atoms in total. The molecule has 1 fully saturated rings. The van der Waals surface area contributed by atoms with E-state index < -0.39 is 0 Å². The molecule has 0 bridgehead atoms. The lowest BCUT2D eigenvalue weighted by atomic mass is 9.87. The summed E-state index contributed by atoms with van der Waals surface area (Å²) < 4.78 is 5.06. The Morgan fingerprint density at radius 1 is 1.43 bits per heavy atom. The first-order valence-corrected chi connectivity index (χ1v) is 5.48. The van der Waals surface area contributed by atoms with E-state index in [1.54, 1.807) is 6.08 Å². The first-order valence-electron chi connectivity index (χ1n) is 5.48. The molecule has 0 unspecified atom stereocenters. The first-order chi connectivity index (χ1) is 6.58. The van der Waals surface area contributed by atoms with Crippen molar-refractivity contribution in [3.05, 3.63) is 11.6 Å². The Balaban J connectivity index is 2.40. The van der Waals surface area contributed by atoms with Gasteiger partial charge in [-0.05, 0) is 45.4 Å². The summed E-state index contributed by atoms with van der Waals surface area (Å²) in [6.07, 6.45) is 6.22. The average molecular weight is 196 g/mol. The fourth-order valence-electron chi connectivity index (χ4n) is 1.71. The minimum absolute atomic E-state index is 0.0122. The van der Waals surface area contributed by atoms with Gasteiger partial charge in [-0.3, -0.25) is 0 Å². The molecule has 80 valence electrons. The molecule has 0 amide bonds. The SMILES string of the molecule is CC1CCC(=CC(=O)OC(C)C)CC1. The van der Waals surface area contributed by atoms with Crippen LogP contribution in [0.3, 0.4) is 0 Å². The zero-order valence-corrected chi connectivity index (χ0v) is 9.38. The van der Waals surface area contributed by atoms with E-state index in [4.69, 9.17) is 4.74 Å². The van der Waals surface area contributed by atoms with Crippen LogP contribution in [0.2, 0.25) is 0 Å². The van der Waals surface area contributed by atoms with Crippen LogP contribution in [0.5, 0.6) is 0 Å². The van der Waals surface area contributed by atoms with Gasteiger partial charge in [0.2, 0.25) is 0 Å². The molecule has 0 heterocycles. The molecule has 0 aromatic heterocycles. The van der Waals surface area contributed by atoms with Gasteiger partial charge < -0.3 is 4.74 Å². The van der Waals surface area contributed by atoms with Crippen LogP contribution in [0.1, 0.15) is 46.5 Å². The molecular weight excluding hydrogens is 176 g/mol. The third-order valence-corrected chi connectivity index (χ3v) is 2.59. The summed E-state index contributed by atoms with van der Waals surface area (Å²) in [5.41, 5.74) is 1.26. The number of carbonyl (C=O) groups excluding carboxylic acids is 1. The fraction of sp³-hybridized carbons (Fsp3) is 0.750. The molecule has 2 heteroatoms. The molecular formula is C12H20O2. The fourth-order valence-corrected chi connectivity index (χ4v) is 1.71. The van der Waals surface area contributed by atoms with Gasteiger partial charge in [-0.2, -0.15) is 0 Å². The van der Waals surface area contributed by atoms with Crippen molar-refractivity contribution in [2.45, 2.75) is 52.6 Å². The molecule has 1 rings (SSSR count). The van der Waals surface area contributed by atoms with E-state index >= 15 is 0 Å². The third-order valence-electron chi connectivity index (χ3n) is 2.59. The summed E-state index contributed by atoms with van der Waals surface area (Å²) in [6.45, 7) is 6.02. The number of hydrogen-bond acceptors (Lipinski definition) is 2. The maximum absolute atomic E-state index is 11.3. The summed E-state index contributed by atoms with van der Waals surface area (Å²) in [6, 6.07) is 0. The molecule has 0 radical (unpaired) electrons. The molecule has 1 aliphatic rings. The predicted octanol–water partition coefficient (Wildman–Crippen LogP) is 3.07. The van der Waals surface area contributed by atoms with Gasteiger partial charge in [0.1, 0.15) is 0 Å². The zero-order chi connectivity index (χ0) is 10.6. The molecule has 14 heavy (non-hydrogen) atoms. The second-order valence-corrected chi connectivity index (χ2v) is 4.47. The monoisotopic (exact) mass is 196 g/mol. The van der Waals surface area contributed by atoms with Gasteiger partial charge >= 0.3 is 5.97 Å². The number of rotatable bonds is 2. The van der Waals surface area contributed by atoms with Crippen molar-refractivity contribution < 1.29 is 9.53 Å². The van der Waals surface area contributed by atoms with Crippen LogP contribution < -0.4 is 0 Å². The van der Waals surface area contributed by atoms with E-state index in [1.807, 2.05) is 13.8 Å². The lowest BCUT2D eigenvalue weighted by Gasteiger charge is -2.19. The maximum Gasteiger partial charge on any atom is 0.330 e. The third kappa shape index (κ3) is 3.95. The van der Waals surface area contributed by atoms with E-state index in [0.29, 0.717) is 0 Å². The highest BCUT2D eigenvalue weighted by atomic mass is 16.5. The number of ether oxygens (including phenoxy) is 1. The Bertz CT molecular complexity index is 218. The van der Waals surface area contributed by atoms with E-state index in [9.17, 15) is 4.79 Å². The standard InChI is InChI=1S/C12H20O2/c1-9(2)14-12(13)8-11-6-4-10(3)5-7-11/h8-10H,4-7H2,1-3H3. The molecule has 0 saturated heterocycles. The van der Waals surface area contributed by atoms with Gasteiger partial charge in [0, 0.05) is 6.08 Å². The largest absolute Gasteiger partial charge is 0.460 e. The van der Waals surface area contributed by atoms with Crippen molar-refractivity contribution in [3.63, 3.8) is 0 Å². The molecule has 0 atom stereocenters. The smallest absolute Gasteiger partial charge is 0.330 e. The molecule has 1 aliphatic carbocycles. The summed E-state index contributed by atoms with van der Waals surface area (Å²) in [5, 5.41) is 0. The van der Waals surface area contributed by atoms with Crippen molar-refractivity contribution in [3.8, 4) is 0 Å². The van der Waals surface area contributed by atoms with Crippen LogP contribution in [-0.2, 0) is 9.53 Å². The van der Waals surface area contributed by atoms with Crippen LogP contribution >= 0.6 is 0 Å². The van der Waals surface area contributed by atoms with Crippen LogP contribution in [0, 0.1) is 5.92 Å². The highest BCUT2D eigenvalue weighted by molar-refractivity contribution is 5.82. The molecule has 0 aliphatic heterocycles. The van der Waals surface area contributed by atoms with Crippen molar-refractivity contribution >= 4 is 5.97 Å². The lowest BCUT2D eigenvalue weighted by molar-refractivity contribution is -0.141. The average Bonchev–Trinajstić information content (AvgIpc) is 2.07. The van der Waals surface area contributed by atoms with Crippen molar-refractivity contribution in [2.75, 3.05) is 0 Å². The number of esters is 1. The van der Waals surface area contributed by atoms with Gasteiger partial charge in [-0.1, -0.05) is 12.5 Å². The van der Waals surface area contributed by atoms with Gasteiger partial charge in [0.15, 0.2) is 0 Å². The van der Waals surface area contributed by atoms with Crippen LogP contribution in [-0.4, -0.2) is 12.1 Å². The molecule has 0 aromatic carbocycles. The normalized spacial score (nSPS) is 22.3. The Hall–Kier alpha value is -0.790. The summed E-state index contributed by atoms with van der Waals surface area (Å²) in [5.74, 6) is 0.637. The second kappa shape index (κ2) is 5.18. The Labute approximate surface area is 86.3 Å². The van der Waals surface area contributed by atoms with Gasteiger partial charge in [0.05, 0.1) is 6.10 Å². The highest BCUT2D eigenvalue weighted by Gasteiger charge is 2.13. The lowest BCUT2D eigenvalue weighted by Crippen LogP contribution is -2.11. The summed E-state index contributed by atoms with van der Waals surface area (Å²) >= 11 is 0. The summed E-state index contributed by atoms with van der Waals surface area (Å²) in [4.78, 5) is 11.3. The topological polar surface area (TPSA) is 26.3 Å². The quantitative estimate of drug-likeness (QED) is 0.501. The van der Waals surface area contributed by atoms with Gasteiger partial charge in [-0.15, -0.1) is 0 Å². The van der Waals surface area contributed by atoms with Crippen molar-refractivity contribution in [2.24, 2.45) is 5.92 Å². The van der Waals surface area contributed by atoms with Crippen LogP contribution in [0.15, 0.2) is 11.6 Å². The predicted molar refractivity (Wildman–Crippen MR) is 56.9 cm³/mol. The summed E-state index contributed by atoms with van der Waals surface area (Å²) in [7, 11) is 0. The van der Waals surface area contributed by atoms with Crippen molar-refractivity contribution in [1.29, 1.82) is 0 Å². The van der Waals surface area contributed by atoms with E-state index in [0.717, 1.165) is 18.8 Å². The molecule has 0 aromatic rings. The zero-order valence-electron chi connectivity index (χ0n) is 9.38. The second-order valence-electron chi connectivity index (χ2n) is 4.47. The highest BCUT2D eigenvalue weighted by Crippen LogP contribution is 2.27. The Kier molecular flexibility index (Phi) is 4.18. The Morgan fingerprint density at radius 2 is 2.00 bits per heavy atom. The number of carbonyl (C=O) groups is 1. The molecule has 0 spiro atoms. The van der Waals surface area contributed by atoms with E-state index in [1.165, 1.54) is 18.4 Å². The van der Waals surface area contributed by atoms with Crippen LogP contribution in [0.4, 0.5) is 0 Å². The number of allylic oxidation sites excluding steroid dienone is 1. The van der Waals surface area contributed by atoms with E-state index in [2.05, 4.69) is 6.92 Å². The van der Waals surface area contributed by atoms with Crippen LogP contribution in [0.25, 0.3) is 0 Å². The minimum Gasteiger partial charge on any atom is -0.460 e. The Morgan fingerprint density at radius 3 is 2.50 bits per heavy atom. The van der Waals surface area contributed by atoms with Gasteiger partial charge in [0.25, 0.3) is 0 Å².